The van der Waals surface area contributed by atoms with E-state index in [2.05, 4.69) is 0 Å². The van der Waals surface area contributed by atoms with Crippen molar-refractivity contribution in [3.63, 3.8) is 0 Å². The molecule has 1 unspecified atom stereocenters. The number of hydrogen-bond donors (Lipinski definition) is 1. The Morgan fingerprint density at radius 2 is 1.86 bits per heavy atom. The summed E-state index contributed by atoms with van der Waals surface area (Å²) in [7, 11) is -1.73. The van der Waals surface area contributed by atoms with Gasteiger partial charge in [0.15, 0.2) is 0 Å². The molecule has 0 radical (unpaired) electrons. The van der Waals surface area contributed by atoms with Gasteiger partial charge in [0.1, 0.15) is 0 Å². The molecular weight excluding hydrogens is 300 g/mol. The normalized spacial score (nSPS) is 19.2. The van der Waals surface area contributed by atoms with Crippen molar-refractivity contribution in [2.75, 3.05) is 26.8 Å². The van der Waals surface area contributed by atoms with Crippen molar-refractivity contribution >= 4 is 10.0 Å². The molecule has 1 aliphatic rings. The Morgan fingerprint density at radius 3 is 2.36 bits per heavy atom. The van der Waals surface area contributed by atoms with E-state index in [1.807, 2.05) is 19.1 Å². The number of methoxy groups -OCH3 is 1. The largest absolute Gasteiger partial charge is 0.384 e. The van der Waals surface area contributed by atoms with Crippen molar-refractivity contribution in [2.24, 2.45) is 11.7 Å². The maximum absolute atomic E-state index is 12.7. The van der Waals surface area contributed by atoms with E-state index < -0.39 is 10.0 Å². The fourth-order valence-corrected chi connectivity index (χ4v) is 4.31. The van der Waals surface area contributed by atoms with E-state index in [0.717, 1.165) is 24.8 Å². The van der Waals surface area contributed by atoms with Gasteiger partial charge in [0, 0.05) is 26.2 Å². The molecule has 0 spiro atoms. The molecule has 0 bridgehead atoms. The van der Waals surface area contributed by atoms with Crippen LogP contribution >= 0.6 is 0 Å². The molecule has 0 aromatic heterocycles. The SMILES string of the molecule is COCCc1ccc(S(=O)(=O)N2CCC(C(C)N)CC2)cc1. The van der Waals surface area contributed by atoms with Crippen LogP contribution in [-0.4, -0.2) is 45.6 Å². The van der Waals surface area contributed by atoms with Crippen molar-refractivity contribution in [3.05, 3.63) is 29.8 Å². The summed E-state index contributed by atoms with van der Waals surface area (Å²) in [6, 6.07) is 7.24. The highest BCUT2D eigenvalue weighted by Crippen LogP contribution is 2.25. The molecule has 1 saturated heterocycles. The van der Waals surface area contributed by atoms with E-state index in [-0.39, 0.29) is 6.04 Å². The van der Waals surface area contributed by atoms with Crippen LogP contribution in [0.1, 0.15) is 25.3 Å². The summed E-state index contributed by atoms with van der Waals surface area (Å²) in [5.74, 6) is 0.419. The van der Waals surface area contributed by atoms with Gasteiger partial charge in [-0.15, -0.1) is 0 Å². The third kappa shape index (κ3) is 4.07. The van der Waals surface area contributed by atoms with Gasteiger partial charge in [-0.05, 0) is 49.8 Å². The third-order valence-electron chi connectivity index (χ3n) is 4.40. The summed E-state index contributed by atoms with van der Waals surface area (Å²) in [6.45, 7) is 3.74. The van der Waals surface area contributed by atoms with Gasteiger partial charge < -0.3 is 10.5 Å². The lowest BCUT2D eigenvalue weighted by atomic mass is 9.92. The standard InChI is InChI=1S/C16H26N2O3S/c1-13(17)15-7-10-18(11-8-15)22(19,20)16-5-3-14(4-6-16)9-12-21-2/h3-6,13,15H,7-12,17H2,1-2H3. The third-order valence-corrected chi connectivity index (χ3v) is 6.31. The Balaban J connectivity index is 2.04. The second kappa shape index (κ2) is 7.55. The Bertz CT molecular complexity index is 562. The number of piperidine rings is 1. The summed E-state index contributed by atoms with van der Waals surface area (Å²) < 4.78 is 31.9. The quantitative estimate of drug-likeness (QED) is 0.862. The van der Waals surface area contributed by atoms with Crippen LogP contribution in [-0.2, 0) is 21.2 Å². The molecule has 2 rings (SSSR count). The first-order valence-electron chi connectivity index (χ1n) is 7.78. The monoisotopic (exact) mass is 326 g/mol. The van der Waals surface area contributed by atoms with Crippen molar-refractivity contribution in [2.45, 2.75) is 37.1 Å². The van der Waals surface area contributed by atoms with Crippen LogP contribution in [0.2, 0.25) is 0 Å². The summed E-state index contributed by atoms with van der Waals surface area (Å²) in [4.78, 5) is 0.368. The zero-order chi connectivity index (χ0) is 16.2. The first-order chi connectivity index (χ1) is 10.4. The molecule has 5 nitrogen and oxygen atoms in total. The minimum Gasteiger partial charge on any atom is -0.384 e. The second-order valence-corrected chi connectivity index (χ2v) is 7.93. The van der Waals surface area contributed by atoms with E-state index in [1.54, 1.807) is 23.5 Å². The van der Waals surface area contributed by atoms with E-state index in [4.69, 9.17) is 10.5 Å². The summed E-state index contributed by atoms with van der Waals surface area (Å²) >= 11 is 0. The lowest BCUT2D eigenvalue weighted by Crippen LogP contribution is -2.42. The molecule has 0 aliphatic carbocycles. The van der Waals surface area contributed by atoms with Crippen LogP contribution in [0.15, 0.2) is 29.2 Å². The average molecular weight is 326 g/mol. The Morgan fingerprint density at radius 1 is 1.27 bits per heavy atom. The van der Waals surface area contributed by atoms with Crippen LogP contribution in [0, 0.1) is 5.92 Å². The maximum atomic E-state index is 12.7. The topological polar surface area (TPSA) is 72.6 Å². The molecule has 2 N–H and O–H groups in total. The van der Waals surface area contributed by atoms with Gasteiger partial charge >= 0.3 is 0 Å². The molecular formula is C16H26N2O3S. The Kier molecular flexibility index (Phi) is 5.97. The predicted octanol–water partition coefficient (Wildman–Crippen LogP) is 1.62. The predicted molar refractivity (Wildman–Crippen MR) is 87.2 cm³/mol. The molecule has 1 aromatic carbocycles. The minimum atomic E-state index is -3.39. The number of nitrogens with two attached hydrogens (primary N) is 1. The molecule has 1 atom stereocenters. The molecule has 1 heterocycles. The lowest BCUT2D eigenvalue weighted by Gasteiger charge is -2.32. The molecule has 124 valence electrons. The smallest absolute Gasteiger partial charge is 0.243 e. The van der Waals surface area contributed by atoms with Gasteiger partial charge in [-0.25, -0.2) is 8.42 Å². The lowest BCUT2D eigenvalue weighted by molar-refractivity contribution is 0.202. The fourth-order valence-electron chi connectivity index (χ4n) is 2.84. The number of benzene rings is 1. The first-order valence-corrected chi connectivity index (χ1v) is 9.22. The van der Waals surface area contributed by atoms with Crippen LogP contribution in [0.5, 0.6) is 0 Å². The molecule has 1 aliphatic heterocycles. The van der Waals surface area contributed by atoms with E-state index in [1.165, 1.54) is 0 Å². The molecule has 6 heteroatoms. The summed E-state index contributed by atoms with van der Waals surface area (Å²) in [6.07, 6.45) is 2.46. The number of hydrogen-bond acceptors (Lipinski definition) is 4. The number of ether oxygens (including phenoxy) is 1. The van der Waals surface area contributed by atoms with Crippen molar-refractivity contribution < 1.29 is 13.2 Å². The van der Waals surface area contributed by atoms with Gasteiger partial charge in [-0.2, -0.15) is 4.31 Å². The van der Waals surface area contributed by atoms with Gasteiger partial charge in [0.2, 0.25) is 10.0 Å². The zero-order valence-corrected chi connectivity index (χ0v) is 14.2. The number of rotatable bonds is 6. The fraction of sp³-hybridized carbons (Fsp3) is 0.625. The van der Waals surface area contributed by atoms with Crippen LogP contribution in [0.25, 0.3) is 0 Å². The first kappa shape index (κ1) is 17.4. The highest BCUT2D eigenvalue weighted by molar-refractivity contribution is 7.89. The van der Waals surface area contributed by atoms with E-state index in [9.17, 15) is 8.42 Å². The van der Waals surface area contributed by atoms with Gasteiger partial charge in [0.05, 0.1) is 11.5 Å². The van der Waals surface area contributed by atoms with Crippen LogP contribution in [0.3, 0.4) is 0 Å². The molecule has 1 fully saturated rings. The van der Waals surface area contributed by atoms with Gasteiger partial charge in [-0.3, -0.25) is 0 Å². The second-order valence-electron chi connectivity index (χ2n) is 5.99. The van der Waals surface area contributed by atoms with Crippen molar-refractivity contribution in [1.82, 2.24) is 4.31 Å². The Labute approximate surface area is 133 Å². The highest BCUT2D eigenvalue weighted by Gasteiger charge is 2.30. The molecule has 0 amide bonds. The minimum absolute atomic E-state index is 0.130. The Hall–Kier alpha value is -0.950. The van der Waals surface area contributed by atoms with Crippen molar-refractivity contribution in [3.8, 4) is 0 Å². The summed E-state index contributed by atoms with van der Waals surface area (Å²) in [5, 5.41) is 0. The number of sulfonamides is 1. The average Bonchev–Trinajstić information content (AvgIpc) is 2.53. The zero-order valence-electron chi connectivity index (χ0n) is 13.4. The maximum Gasteiger partial charge on any atom is 0.243 e. The highest BCUT2D eigenvalue weighted by atomic mass is 32.2. The summed E-state index contributed by atoms with van der Waals surface area (Å²) in [5.41, 5.74) is 6.99. The molecule has 22 heavy (non-hydrogen) atoms. The molecule has 1 aromatic rings. The molecule has 0 saturated carbocycles. The van der Waals surface area contributed by atoms with Crippen LogP contribution < -0.4 is 5.73 Å². The van der Waals surface area contributed by atoms with Crippen LogP contribution in [0.4, 0.5) is 0 Å². The van der Waals surface area contributed by atoms with Crippen molar-refractivity contribution in [1.29, 1.82) is 0 Å². The van der Waals surface area contributed by atoms with Gasteiger partial charge in [-0.1, -0.05) is 12.1 Å². The van der Waals surface area contributed by atoms with Gasteiger partial charge in [0.25, 0.3) is 0 Å². The van der Waals surface area contributed by atoms with E-state index in [0.29, 0.717) is 30.5 Å². The number of nitrogens with zero attached hydrogens (tertiary/aromatic N) is 1. The van der Waals surface area contributed by atoms with E-state index >= 15 is 0 Å².